The van der Waals surface area contributed by atoms with Gasteiger partial charge in [-0.3, -0.25) is 0 Å². The molecule has 0 aliphatic heterocycles. The molecule has 0 atom stereocenters. The molecular formula is C19H18O4. The molecule has 0 unspecified atom stereocenters. The van der Waals surface area contributed by atoms with Gasteiger partial charge in [-0.05, 0) is 32.0 Å². The van der Waals surface area contributed by atoms with E-state index in [1.165, 1.54) is 0 Å². The lowest BCUT2D eigenvalue weighted by Gasteiger charge is -2.09. The smallest absolute Gasteiger partial charge is 0.374 e. The summed E-state index contributed by atoms with van der Waals surface area (Å²) >= 11 is 0. The number of esters is 1. The monoisotopic (exact) mass is 310 g/mol. The Morgan fingerprint density at radius 3 is 2.65 bits per heavy atom. The second kappa shape index (κ2) is 6.16. The first-order valence-electron chi connectivity index (χ1n) is 7.39. The van der Waals surface area contributed by atoms with E-state index < -0.39 is 5.97 Å². The predicted octanol–water partition coefficient (Wildman–Crippen LogP) is 4.42. The summed E-state index contributed by atoms with van der Waals surface area (Å²) in [7, 11) is 1.60. The molecule has 118 valence electrons. The lowest BCUT2D eigenvalue weighted by molar-refractivity contribution is 0.0435. The number of hydrogen-bond donors (Lipinski definition) is 0. The zero-order valence-corrected chi connectivity index (χ0v) is 13.4. The van der Waals surface area contributed by atoms with Gasteiger partial charge in [0.25, 0.3) is 0 Å². The van der Waals surface area contributed by atoms with Crippen LogP contribution in [0.3, 0.4) is 0 Å². The molecule has 0 aliphatic rings. The molecule has 0 amide bonds. The highest BCUT2D eigenvalue weighted by atomic mass is 16.5. The number of methoxy groups -OCH3 is 1. The van der Waals surface area contributed by atoms with Crippen LogP contribution in [0, 0.1) is 13.8 Å². The SMILES string of the molecule is COc1ccc(C)cc1COC(=O)c1oc2ccccc2c1C. The molecule has 4 nitrogen and oxygen atoms in total. The van der Waals surface area contributed by atoms with Gasteiger partial charge in [0.2, 0.25) is 5.76 Å². The minimum atomic E-state index is -0.470. The molecule has 1 heterocycles. The van der Waals surface area contributed by atoms with Crippen molar-refractivity contribution in [3.8, 4) is 5.75 Å². The third kappa shape index (κ3) is 2.93. The zero-order valence-electron chi connectivity index (χ0n) is 13.4. The van der Waals surface area contributed by atoms with E-state index in [-0.39, 0.29) is 12.4 Å². The first kappa shape index (κ1) is 15.2. The summed E-state index contributed by atoms with van der Waals surface area (Å²) in [5, 5.41) is 0.924. The van der Waals surface area contributed by atoms with Gasteiger partial charge in [-0.15, -0.1) is 0 Å². The van der Waals surface area contributed by atoms with Crippen LogP contribution in [0.4, 0.5) is 0 Å². The number of ether oxygens (including phenoxy) is 2. The Morgan fingerprint density at radius 2 is 1.91 bits per heavy atom. The molecule has 3 rings (SSSR count). The number of furan rings is 1. The normalized spacial score (nSPS) is 10.7. The fraction of sp³-hybridized carbons (Fsp3) is 0.211. The number of rotatable bonds is 4. The predicted molar refractivity (Wildman–Crippen MR) is 87.8 cm³/mol. The van der Waals surface area contributed by atoms with E-state index in [1.807, 2.05) is 56.3 Å². The van der Waals surface area contributed by atoms with E-state index in [2.05, 4.69) is 0 Å². The van der Waals surface area contributed by atoms with Crippen LogP contribution in [0.1, 0.15) is 27.2 Å². The van der Waals surface area contributed by atoms with Crippen molar-refractivity contribution in [2.75, 3.05) is 7.11 Å². The van der Waals surface area contributed by atoms with Crippen LogP contribution in [-0.4, -0.2) is 13.1 Å². The maximum Gasteiger partial charge on any atom is 0.374 e. The van der Waals surface area contributed by atoms with E-state index in [0.717, 1.165) is 22.1 Å². The van der Waals surface area contributed by atoms with Crippen molar-refractivity contribution in [3.05, 3.63) is 64.9 Å². The van der Waals surface area contributed by atoms with Crippen LogP contribution in [-0.2, 0) is 11.3 Å². The van der Waals surface area contributed by atoms with Crippen LogP contribution in [0.5, 0.6) is 5.75 Å². The van der Waals surface area contributed by atoms with Crippen molar-refractivity contribution in [1.29, 1.82) is 0 Å². The van der Waals surface area contributed by atoms with Gasteiger partial charge in [0, 0.05) is 16.5 Å². The van der Waals surface area contributed by atoms with Crippen molar-refractivity contribution in [2.24, 2.45) is 0 Å². The number of fused-ring (bicyclic) bond motifs is 1. The van der Waals surface area contributed by atoms with Gasteiger partial charge < -0.3 is 13.9 Å². The quantitative estimate of drug-likeness (QED) is 0.669. The van der Waals surface area contributed by atoms with Crippen molar-refractivity contribution in [2.45, 2.75) is 20.5 Å². The molecule has 3 aromatic rings. The Kier molecular flexibility index (Phi) is 4.06. The summed E-state index contributed by atoms with van der Waals surface area (Å²) in [5.41, 5.74) is 3.39. The molecule has 0 fully saturated rings. The fourth-order valence-corrected chi connectivity index (χ4v) is 2.60. The summed E-state index contributed by atoms with van der Waals surface area (Å²) in [6.07, 6.45) is 0. The van der Waals surface area contributed by atoms with Gasteiger partial charge in [-0.2, -0.15) is 0 Å². The Labute approximate surface area is 134 Å². The van der Waals surface area contributed by atoms with E-state index >= 15 is 0 Å². The Hall–Kier alpha value is -2.75. The van der Waals surface area contributed by atoms with Gasteiger partial charge in [0.05, 0.1) is 7.11 Å². The maximum absolute atomic E-state index is 12.3. The highest BCUT2D eigenvalue weighted by Crippen LogP contribution is 2.26. The summed E-state index contributed by atoms with van der Waals surface area (Å²) in [4.78, 5) is 12.3. The minimum Gasteiger partial charge on any atom is -0.496 e. The van der Waals surface area contributed by atoms with Crippen LogP contribution < -0.4 is 4.74 Å². The Bertz CT molecular complexity index is 861. The van der Waals surface area contributed by atoms with Crippen LogP contribution in [0.15, 0.2) is 46.9 Å². The van der Waals surface area contributed by atoms with Gasteiger partial charge in [-0.1, -0.05) is 29.8 Å². The molecule has 0 N–H and O–H groups in total. The molecule has 2 aromatic carbocycles. The number of carbonyl (C=O) groups is 1. The third-order valence-electron chi connectivity index (χ3n) is 3.82. The maximum atomic E-state index is 12.3. The summed E-state index contributed by atoms with van der Waals surface area (Å²) in [6.45, 7) is 3.98. The molecule has 4 heteroatoms. The van der Waals surface area contributed by atoms with E-state index in [4.69, 9.17) is 13.9 Å². The standard InChI is InChI=1S/C19H18O4/c1-12-8-9-16(21-3)14(10-12)11-22-19(20)18-13(2)15-6-4-5-7-17(15)23-18/h4-10H,11H2,1-3H3. The number of carbonyl (C=O) groups excluding carboxylic acids is 1. The first-order chi connectivity index (χ1) is 11.1. The Morgan fingerprint density at radius 1 is 1.13 bits per heavy atom. The van der Waals surface area contributed by atoms with E-state index in [9.17, 15) is 4.79 Å². The van der Waals surface area contributed by atoms with Crippen LogP contribution in [0.25, 0.3) is 11.0 Å². The second-order valence-corrected chi connectivity index (χ2v) is 5.44. The third-order valence-corrected chi connectivity index (χ3v) is 3.82. The number of aryl methyl sites for hydroxylation is 2. The molecule has 0 radical (unpaired) electrons. The second-order valence-electron chi connectivity index (χ2n) is 5.44. The molecule has 0 saturated heterocycles. The summed E-state index contributed by atoms with van der Waals surface area (Å²) in [6, 6.07) is 13.3. The lowest BCUT2D eigenvalue weighted by Crippen LogP contribution is -2.06. The highest BCUT2D eigenvalue weighted by Gasteiger charge is 2.19. The number of hydrogen-bond acceptors (Lipinski definition) is 4. The van der Waals surface area contributed by atoms with E-state index in [1.54, 1.807) is 7.11 Å². The number of para-hydroxylation sites is 1. The molecule has 0 aliphatic carbocycles. The molecule has 1 aromatic heterocycles. The highest BCUT2D eigenvalue weighted by molar-refractivity contribution is 5.95. The molecular weight excluding hydrogens is 292 g/mol. The van der Waals surface area contributed by atoms with Gasteiger partial charge in [0.1, 0.15) is 17.9 Å². The van der Waals surface area contributed by atoms with Crippen molar-refractivity contribution in [3.63, 3.8) is 0 Å². The minimum absolute atomic E-state index is 0.139. The zero-order chi connectivity index (χ0) is 16.4. The Balaban J connectivity index is 1.82. The first-order valence-corrected chi connectivity index (χ1v) is 7.39. The van der Waals surface area contributed by atoms with Crippen LogP contribution in [0.2, 0.25) is 0 Å². The largest absolute Gasteiger partial charge is 0.496 e. The molecule has 0 spiro atoms. The average Bonchev–Trinajstić information content (AvgIpc) is 2.90. The van der Waals surface area contributed by atoms with Gasteiger partial charge in [-0.25, -0.2) is 4.79 Å². The average molecular weight is 310 g/mol. The molecule has 0 saturated carbocycles. The molecule has 23 heavy (non-hydrogen) atoms. The molecule has 0 bridgehead atoms. The topological polar surface area (TPSA) is 48.7 Å². The van der Waals surface area contributed by atoms with E-state index in [0.29, 0.717) is 11.3 Å². The van der Waals surface area contributed by atoms with Crippen molar-refractivity contribution in [1.82, 2.24) is 0 Å². The van der Waals surface area contributed by atoms with Gasteiger partial charge >= 0.3 is 5.97 Å². The van der Waals surface area contributed by atoms with Crippen molar-refractivity contribution < 1.29 is 18.7 Å². The summed E-state index contributed by atoms with van der Waals surface area (Å²) in [5.74, 6) is 0.477. The fourth-order valence-electron chi connectivity index (χ4n) is 2.60. The number of benzene rings is 2. The lowest BCUT2D eigenvalue weighted by atomic mass is 10.1. The van der Waals surface area contributed by atoms with Gasteiger partial charge in [0.15, 0.2) is 0 Å². The van der Waals surface area contributed by atoms with Crippen molar-refractivity contribution >= 4 is 16.9 Å². The van der Waals surface area contributed by atoms with Crippen LogP contribution >= 0.6 is 0 Å². The summed E-state index contributed by atoms with van der Waals surface area (Å²) < 4.78 is 16.3.